The van der Waals surface area contributed by atoms with E-state index in [1.807, 2.05) is 0 Å². The van der Waals surface area contributed by atoms with E-state index < -0.39 is 16.8 Å². The van der Waals surface area contributed by atoms with Crippen molar-refractivity contribution in [3.8, 4) is 0 Å². The summed E-state index contributed by atoms with van der Waals surface area (Å²) in [6.45, 7) is 1.52. The van der Waals surface area contributed by atoms with Crippen molar-refractivity contribution in [3.05, 3.63) is 39.9 Å². The summed E-state index contributed by atoms with van der Waals surface area (Å²) in [5, 5.41) is 28.6. The normalized spacial score (nSPS) is 13.6. The second-order valence-corrected chi connectivity index (χ2v) is 3.35. The Morgan fingerprint density at radius 1 is 1.40 bits per heavy atom. The summed E-state index contributed by atoms with van der Waals surface area (Å²) < 4.78 is 0. The second-order valence-electron chi connectivity index (χ2n) is 3.35. The molecule has 4 N–H and O–H groups in total. The molecule has 0 saturated heterocycles. The topological polar surface area (TPSA) is 110 Å². The molecule has 0 spiro atoms. The molecule has 6 nitrogen and oxygen atoms in total. The number of hydrogen-bond donors (Lipinski definition) is 3. The summed E-state index contributed by atoms with van der Waals surface area (Å²) in [7, 11) is 0. The Bertz CT molecular complexity index is 355. The molecule has 0 aliphatic rings. The Balaban J connectivity index is 2.94. The lowest BCUT2D eigenvalue weighted by molar-refractivity contribution is -0.384. The highest BCUT2D eigenvalue weighted by Crippen LogP contribution is 2.24. The van der Waals surface area contributed by atoms with Crippen molar-refractivity contribution >= 4 is 5.69 Å². The van der Waals surface area contributed by atoms with Crippen LogP contribution in [-0.4, -0.2) is 21.0 Å². The van der Waals surface area contributed by atoms with Gasteiger partial charge in [0.05, 0.1) is 4.92 Å². The summed E-state index contributed by atoms with van der Waals surface area (Å²) >= 11 is 0. The number of aliphatic hydroxyl groups is 2. The van der Waals surface area contributed by atoms with Gasteiger partial charge in [0.2, 0.25) is 5.91 Å². The van der Waals surface area contributed by atoms with Crippen LogP contribution in [0.25, 0.3) is 0 Å². The molecule has 0 aromatic heterocycles. The van der Waals surface area contributed by atoms with Crippen molar-refractivity contribution in [2.24, 2.45) is 5.73 Å². The molecule has 1 aromatic carbocycles. The molecular weight excluding hydrogens is 200 g/mol. The van der Waals surface area contributed by atoms with E-state index in [4.69, 9.17) is 15.9 Å². The summed E-state index contributed by atoms with van der Waals surface area (Å²) in [6, 6.07) is 5.46. The van der Waals surface area contributed by atoms with Gasteiger partial charge in [-0.25, -0.2) is 0 Å². The maximum absolute atomic E-state index is 10.4. The number of nitrogens with two attached hydrogens (primary N) is 1. The van der Waals surface area contributed by atoms with Crippen LogP contribution in [0.1, 0.15) is 18.4 Å². The van der Waals surface area contributed by atoms with Gasteiger partial charge in [-0.2, -0.15) is 0 Å². The van der Waals surface area contributed by atoms with Gasteiger partial charge in [0.25, 0.3) is 5.69 Å². The smallest absolute Gasteiger partial charge is 0.269 e. The minimum Gasteiger partial charge on any atom is -0.353 e. The molecule has 0 aliphatic carbocycles. The highest BCUT2D eigenvalue weighted by Gasteiger charge is 2.27. The zero-order valence-electron chi connectivity index (χ0n) is 8.12. The molecule has 1 unspecified atom stereocenters. The molecule has 0 fully saturated rings. The first-order valence-electron chi connectivity index (χ1n) is 4.30. The summed E-state index contributed by atoms with van der Waals surface area (Å²) in [5.41, 5.74) is 5.56. The van der Waals surface area contributed by atoms with Gasteiger partial charge in [-0.1, -0.05) is 19.1 Å². The second kappa shape index (κ2) is 3.93. The molecule has 1 aromatic rings. The van der Waals surface area contributed by atoms with E-state index in [1.165, 1.54) is 31.2 Å². The fourth-order valence-electron chi connectivity index (χ4n) is 1.13. The summed E-state index contributed by atoms with van der Waals surface area (Å²) in [5.74, 6) is -3.05. The molecule has 0 heterocycles. The van der Waals surface area contributed by atoms with Crippen molar-refractivity contribution < 1.29 is 15.1 Å². The van der Waals surface area contributed by atoms with Crippen LogP contribution in [0.15, 0.2) is 24.3 Å². The third-order valence-corrected chi connectivity index (χ3v) is 2.24. The van der Waals surface area contributed by atoms with Crippen molar-refractivity contribution in [1.29, 1.82) is 0 Å². The van der Waals surface area contributed by atoms with Crippen LogP contribution in [-0.2, 0) is 0 Å². The Labute approximate surface area is 86.1 Å². The van der Waals surface area contributed by atoms with Crippen LogP contribution in [0.5, 0.6) is 0 Å². The van der Waals surface area contributed by atoms with Crippen molar-refractivity contribution in [2.75, 3.05) is 0 Å². The van der Waals surface area contributed by atoms with Crippen LogP contribution in [0.2, 0.25) is 0 Å². The number of hydrogen-bond acceptors (Lipinski definition) is 5. The highest BCUT2D eigenvalue weighted by molar-refractivity contribution is 5.34. The quantitative estimate of drug-likeness (QED) is 0.379. The first-order valence-corrected chi connectivity index (χ1v) is 4.30. The molecule has 0 bridgehead atoms. The molecule has 6 heteroatoms. The van der Waals surface area contributed by atoms with E-state index in [9.17, 15) is 10.1 Å². The number of nitrogens with zero attached hydrogens (tertiary/aromatic N) is 1. The van der Waals surface area contributed by atoms with Gasteiger partial charge >= 0.3 is 0 Å². The van der Waals surface area contributed by atoms with Gasteiger partial charge in [-0.05, 0) is 5.56 Å². The van der Waals surface area contributed by atoms with Crippen LogP contribution >= 0.6 is 0 Å². The lowest BCUT2D eigenvalue weighted by Crippen LogP contribution is -2.44. The first kappa shape index (κ1) is 11.6. The molecule has 0 aliphatic heterocycles. The van der Waals surface area contributed by atoms with E-state index in [1.54, 1.807) is 0 Å². The molecule has 0 saturated carbocycles. The lowest BCUT2D eigenvalue weighted by atomic mass is 9.97. The Kier molecular flexibility index (Phi) is 3.04. The third kappa shape index (κ3) is 2.72. The standard InChI is InChI=1S/C9H12N2O4/c1-6(9(10,12)13)7-2-4-8(5-3-7)11(14)15/h2-6,12-13H,10H2,1H3. The van der Waals surface area contributed by atoms with Crippen LogP contribution in [0.3, 0.4) is 0 Å². The predicted octanol–water partition coefficient (Wildman–Crippen LogP) is 0.295. The number of nitro groups is 1. The van der Waals surface area contributed by atoms with Crippen LogP contribution in [0.4, 0.5) is 5.69 Å². The van der Waals surface area contributed by atoms with E-state index >= 15 is 0 Å². The Morgan fingerprint density at radius 2 is 1.87 bits per heavy atom. The van der Waals surface area contributed by atoms with Gasteiger partial charge in [0, 0.05) is 18.1 Å². The fraction of sp³-hybridized carbons (Fsp3) is 0.333. The van der Waals surface area contributed by atoms with Crippen molar-refractivity contribution in [1.82, 2.24) is 0 Å². The van der Waals surface area contributed by atoms with Gasteiger partial charge in [-0.15, -0.1) is 0 Å². The Hall–Kier alpha value is -1.50. The molecule has 15 heavy (non-hydrogen) atoms. The van der Waals surface area contributed by atoms with Crippen molar-refractivity contribution in [2.45, 2.75) is 18.8 Å². The zero-order chi connectivity index (χ0) is 11.6. The zero-order valence-corrected chi connectivity index (χ0v) is 8.12. The molecule has 0 radical (unpaired) electrons. The molecule has 1 atom stereocenters. The minimum atomic E-state index is -2.32. The van der Waals surface area contributed by atoms with Gasteiger partial charge in [-0.3, -0.25) is 15.8 Å². The number of non-ortho nitro benzene ring substituents is 1. The molecule has 1 rings (SSSR count). The number of nitro benzene ring substituents is 1. The maximum atomic E-state index is 10.4. The Morgan fingerprint density at radius 3 is 2.20 bits per heavy atom. The van der Waals surface area contributed by atoms with E-state index in [2.05, 4.69) is 0 Å². The van der Waals surface area contributed by atoms with Gasteiger partial charge < -0.3 is 10.2 Å². The van der Waals surface area contributed by atoms with Gasteiger partial charge in [0.1, 0.15) is 0 Å². The fourth-order valence-corrected chi connectivity index (χ4v) is 1.13. The third-order valence-electron chi connectivity index (χ3n) is 2.24. The van der Waals surface area contributed by atoms with Gasteiger partial charge in [0.15, 0.2) is 0 Å². The summed E-state index contributed by atoms with van der Waals surface area (Å²) in [6.07, 6.45) is 0. The maximum Gasteiger partial charge on any atom is 0.269 e. The van der Waals surface area contributed by atoms with Crippen LogP contribution < -0.4 is 5.73 Å². The largest absolute Gasteiger partial charge is 0.353 e. The summed E-state index contributed by atoms with van der Waals surface area (Å²) in [4.78, 5) is 9.84. The monoisotopic (exact) mass is 212 g/mol. The molecular formula is C9H12N2O4. The first-order chi connectivity index (χ1) is 6.82. The van der Waals surface area contributed by atoms with Crippen molar-refractivity contribution in [3.63, 3.8) is 0 Å². The van der Waals surface area contributed by atoms with E-state index in [-0.39, 0.29) is 5.69 Å². The predicted molar refractivity (Wildman–Crippen MR) is 52.9 cm³/mol. The highest BCUT2D eigenvalue weighted by atomic mass is 16.6. The SMILES string of the molecule is CC(c1ccc([N+](=O)[O-])cc1)C(N)(O)O. The molecule has 0 amide bonds. The van der Waals surface area contributed by atoms with E-state index in [0.717, 1.165) is 0 Å². The number of rotatable bonds is 3. The number of benzene rings is 1. The lowest BCUT2D eigenvalue weighted by Gasteiger charge is -2.23. The minimum absolute atomic E-state index is 0.0514. The molecule has 82 valence electrons. The van der Waals surface area contributed by atoms with E-state index in [0.29, 0.717) is 5.56 Å². The average molecular weight is 212 g/mol. The average Bonchev–Trinajstić information content (AvgIpc) is 2.15. The van der Waals surface area contributed by atoms with Crippen LogP contribution in [0, 0.1) is 10.1 Å².